The summed E-state index contributed by atoms with van der Waals surface area (Å²) in [6.07, 6.45) is 3.43. The topological polar surface area (TPSA) is 63.7 Å². The molecular weight excluding hydrogens is 482 g/mol. The summed E-state index contributed by atoms with van der Waals surface area (Å²) < 4.78 is 33.6. The SMILES string of the molecule is CCCCc1ccc(N(C(=O)CCCOc2cc(C)c(Cl)c(C)c2)S(=O)(=O)c2ccccc2)cc1. The van der Waals surface area contributed by atoms with Crippen LogP contribution in [0.3, 0.4) is 0 Å². The predicted molar refractivity (Wildman–Crippen MR) is 142 cm³/mol. The Labute approximate surface area is 213 Å². The second kappa shape index (κ2) is 12.2. The molecule has 0 aliphatic rings. The van der Waals surface area contributed by atoms with Crippen molar-refractivity contribution in [2.24, 2.45) is 0 Å². The van der Waals surface area contributed by atoms with E-state index in [4.69, 9.17) is 16.3 Å². The van der Waals surface area contributed by atoms with Crippen LogP contribution in [0.25, 0.3) is 0 Å². The van der Waals surface area contributed by atoms with Crippen LogP contribution in [0, 0.1) is 13.8 Å². The van der Waals surface area contributed by atoms with Crippen molar-refractivity contribution < 1.29 is 17.9 Å². The van der Waals surface area contributed by atoms with Gasteiger partial charge in [-0.3, -0.25) is 4.79 Å². The van der Waals surface area contributed by atoms with Crippen molar-refractivity contribution in [2.45, 2.75) is 57.8 Å². The highest BCUT2D eigenvalue weighted by atomic mass is 35.5. The van der Waals surface area contributed by atoms with Gasteiger partial charge >= 0.3 is 0 Å². The van der Waals surface area contributed by atoms with Crippen LogP contribution in [0.4, 0.5) is 5.69 Å². The van der Waals surface area contributed by atoms with Gasteiger partial charge in [0.15, 0.2) is 0 Å². The maximum Gasteiger partial charge on any atom is 0.270 e. The molecule has 5 nitrogen and oxygen atoms in total. The third-order valence-electron chi connectivity index (χ3n) is 5.71. The number of sulfonamides is 1. The normalized spacial score (nSPS) is 11.3. The number of halogens is 1. The highest BCUT2D eigenvalue weighted by molar-refractivity contribution is 7.93. The Morgan fingerprint density at radius 1 is 0.943 bits per heavy atom. The summed E-state index contributed by atoms with van der Waals surface area (Å²) >= 11 is 6.21. The molecule has 3 rings (SSSR count). The summed E-state index contributed by atoms with van der Waals surface area (Å²) in [5.74, 6) is 0.176. The van der Waals surface area contributed by atoms with Gasteiger partial charge < -0.3 is 4.74 Å². The minimum atomic E-state index is -4.06. The molecule has 0 saturated carbocycles. The third kappa shape index (κ3) is 6.86. The van der Waals surface area contributed by atoms with Crippen molar-refractivity contribution in [1.29, 1.82) is 0 Å². The van der Waals surface area contributed by atoms with Gasteiger partial charge in [0.05, 0.1) is 17.2 Å². The van der Waals surface area contributed by atoms with Crippen LogP contribution in [0.2, 0.25) is 5.02 Å². The average Bonchev–Trinajstić information content (AvgIpc) is 2.85. The fraction of sp³-hybridized carbons (Fsp3) is 0.321. The largest absolute Gasteiger partial charge is 0.494 e. The Hall–Kier alpha value is -2.83. The molecule has 0 heterocycles. The summed E-state index contributed by atoms with van der Waals surface area (Å²) in [7, 11) is -4.06. The molecule has 35 heavy (non-hydrogen) atoms. The molecule has 3 aromatic rings. The molecule has 0 unspecified atom stereocenters. The van der Waals surface area contributed by atoms with Crippen molar-refractivity contribution in [2.75, 3.05) is 10.9 Å². The molecule has 0 radical (unpaired) electrons. The van der Waals surface area contributed by atoms with Crippen molar-refractivity contribution in [3.8, 4) is 5.75 Å². The van der Waals surface area contributed by atoms with E-state index in [1.165, 1.54) is 12.1 Å². The fourth-order valence-electron chi connectivity index (χ4n) is 3.80. The summed E-state index contributed by atoms with van der Waals surface area (Å²) in [5.41, 5.74) is 3.28. The van der Waals surface area contributed by atoms with E-state index in [0.717, 1.165) is 40.3 Å². The molecule has 7 heteroatoms. The van der Waals surface area contributed by atoms with Crippen LogP contribution in [-0.4, -0.2) is 20.9 Å². The third-order valence-corrected chi connectivity index (χ3v) is 8.07. The monoisotopic (exact) mass is 513 g/mol. The Kier molecular flexibility index (Phi) is 9.35. The minimum absolute atomic E-state index is 0.0230. The van der Waals surface area contributed by atoms with Crippen LogP contribution in [0.5, 0.6) is 5.75 Å². The lowest BCUT2D eigenvalue weighted by Gasteiger charge is -2.23. The number of carbonyl (C=O) groups excluding carboxylic acids is 1. The molecule has 1 amide bonds. The van der Waals surface area contributed by atoms with Gasteiger partial charge in [0, 0.05) is 11.4 Å². The summed E-state index contributed by atoms with van der Waals surface area (Å²) in [6, 6.07) is 18.9. The summed E-state index contributed by atoms with van der Waals surface area (Å²) in [6.45, 7) is 6.22. The van der Waals surface area contributed by atoms with Gasteiger partial charge in [0.1, 0.15) is 5.75 Å². The maximum atomic E-state index is 13.5. The van der Waals surface area contributed by atoms with Crippen molar-refractivity contribution in [1.82, 2.24) is 0 Å². The molecule has 0 aromatic heterocycles. The maximum absolute atomic E-state index is 13.5. The molecule has 0 N–H and O–H groups in total. The molecule has 0 fully saturated rings. The van der Waals surface area contributed by atoms with Crippen LogP contribution < -0.4 is 9.04 Å². The van der Waals surface area contributed by atoms with Gasteiger partial charge in [-0.1, -0.05) is 55.3 Å². The lowest BCUT2D eigenvalue weighted by atomic mass is 10.1. The van der Waals surface area contributed by atoms with Crippen molar-refractivity contribution >= 4 is 33.2 Å². The van der Waals surface area contributed by atoms with Crippen LogP contribution in [0.15, 0.2) is 71.6 Å². The van der Waals surface area contributed by atoms with Crippen LogP contribution >= 0.6 is 11.6 Å². The van der Waals surface area contributed by atoms with Crippen LogP contribution in [0.1, 0.15) is 49.3 Å². The Bertz CT molecular complexity index is 1220. The summed E-state index contributed by atoms with van der Waals surface area (Å²) in [5, 5.41) is 0.704. The molecule has 186 valence electrons. The van der Waals surface area contributed by atoms with E-state index in [0.29, 0.717) is 22.9 Å². The first-order valence-electron chi connectivity index (χ1n) is 11.9. The minimum Gasteiger partial charge on any atom is -0.494 e. The average molecular weight is 514 g/mol. The van der Waals surface area contributed by atoms with Crippen LogP contribution in [-0.2, 0) is 21.2 Å². The molecule has 0 saturated heterocycles. The number of rotatable bonds is 11. The second-order valence-corrected chi connectivity index (χ2v) is 10.7. The zero-order valence-corrected chi connectivity index (χ0v) is 22.0. The molecule has 0 bridgehead atoms. The number of nitrogens with zero attached hydrogens (tertiary/aromatic N) is 1. The standard InChI is InChI=1S/C28H32ClNO4S/c1-4-5-10-23-14-16-24(17-15-23)30(35(32,33)26-11-7-6-8-12-26)27(31)13-9-18-34-25-19-21(2)28(29)22(3)20-25/h6-8,11-12,14-17,19-20H,4-5,9-10,13,18H2,1-3H3. The Balaban J connectivity index is 1.76. The van der Waals surface area contributed by atoms with E-state index >= 15 is 0 Å². The zero-order valence-electron chi connectivity index (χ0n) is 20.5. The first kappa shape index (κ1) is 26.8. The zero-order chi connectivity index (χ0) is 25.4. The Morgan fingerprint density at radius 2 is 1.57 bits per heavy atom. The van der Waals surface area contributed by atoms with E-state index in [-0.39, 0.29) is 17.9 Å². The molecule has 3 aromatic carbocycles. The molecule has 0 atom stereocenters. The number of hydrogen-bond acceptors (Lipinski definition) is 4. The number of unbranched alkanes of at least 4 members (excludes halogenated alkanes) is 1. The van der Waals surface area contributed by atoms with Gasteiger partial charge in [-0.15, -0.1) is 0 Å². The number of aryl methyl sites for hydroxylation is 3. The number of ether oxygens (including phenoxy) is 1. The van der Waals surface area contributed by atoms with E-state index in [9.17, 15) is 13.2 Å². The summed E-state index contributed by atoms with van der Waals surface area (Å²) in [4.78, 5) is 13.3. The van der Waals surface area contributed by atoms with Crippen molar-refractivity contribution in [3.63, 3.8) is 0 Å². The van der Waals surface area contributed by atoms with E-state index in [2.05, 4.69) is 6.92 Å². The lowest BCUT2D eigenvalue weighted by molar-refractivity contribution is -0.117. The highest BCUT2D eigenvalue weighted by Gasteiger charge is 2.30. The number of benzene rings is 3. The van der Waals surface area contributed by atoms with Gasteiger partial charge in [0.25, 0.3) is 10.0 Å². The second-order valence-electron chi connectivity index (χ2n) is 8.57. The van der Waals surface area contributed by atoms with E-state index < -0.39 is 15.9 Å². The highest BCUT2D eigenvalue weighted by Crippen LogP contribution is 2.27. The van der Waals surface area contributed by atoms with E-state index in [1.807, 2.05) is 38.1 Å². The molecular formula is C28H32ClNO4S. The number of anilines is 1. The number of hydrogen-bond donors (Lipinski definition) is 0. The number of amides is 1. The molecule has 0 spiro atoms. The van der Waals surface area contributed by atoms with Gasteiger partial charge in [-0.05, 0) is 86.2 Å². The van der Waals surface area contributed by atoms with Gasteiger partial charge in [0.2, 0.25) is 5.91 Å². The van der Waals surface area contributed by atoms with E-state index in [1.54, 1.807) is 30.3 Å². The Morgan fingerprint density at radius 3 is 2.17 bits per heavy atom. The van der Waals surface area contributed by atoms with Crippen molar-refractivity contribution in [3.05, 3.63) is 88.4 Å². The lowest BCUT2D eigenvalue weighted by Crippen LogP contribution is -2.37. The first-order chi connectivity index (χ1) is 16.7. The smallest absolute Gasteiger partial charge is 0.270 e. The quantitative estimate of drug-likeness (QED) is 0.262. The molecule has 0 aliphatic heterocycles. The predicted octanol–water partition coefficient (Wildman–Crippen LogP) is 6.88. The molecule has 0 aliphatic carbocycles. The fourth-order valence-corrected chi connectivity index (χ4v) is 5.38. The number of carbonyl (C=O) groups is 1. The first-order valence-corrected chi connectivity index (χ1v) is 13.7. The van der Waals surface area contributed by atoms with Gasteiger partial charge in [-0.2, -0.15) is 0 Å². The van der Waals surface area contributed by atoms with Gasteiger partial charge in [-0.25, -0.2) is 12.7 Å².